The van der Waals surface area contributed by atoms with E-state index < -0.39 is 56.9 Å². The lowest BCUT2D eigenvalue weighted by Gasteiger charge is -2.34. The van der Waals surface area contributed by atoms with Gasteiger partial charge in [0.1, 0.15) is 12.6 Å². The topological polar surface area (TPSA) is 86.8 Å². The first kappa shape index (κ1) is 36.2. The lowest BCUT2D eigenvalue weighted by atomic mass is 10.0. The lowest BCUT2D eigenvalue weighted by molar-refractivity contribution is -0.140. The largest absolute Gasteiger partial charge is 0.417 e. The number of nitrogens with one attached hydrogen (secondary N) is 1. The molecule has 0 bridgehead atoms. The molecule has 258 valence electrons. The summed E-state index contributed by atoms with van der Waals surface area (Å²) in [6.07, 6.45) is -1.32. The van der Waals surface area contributed by atoms with E-state index in [-0.39, 0.29) is 23.9 Å². The molecular formula is C36H34Cl2F3N3O4S. The minimum Gasteiger partial charge on any atom is -0.352 e. The van der Waals surface area contributed by atoms with Gasteiger partial charge < -0.3 is 10.2 Å². The number of benzene rings is 4. The number of anilines is 1. The van der Waals surface area contributed by atoms with Gasteiger partial charge in [-0.15, -0.1) is 0 Å². The summed E-state index contributed by atoms with van der Waals surface area (Å²) in [6, 6.07) is 24.3. The molecule has 1 atom stereocenters. The minimum atomic E-state index is -4.90. The maximum atomic E-state index is 14.6. The van der Waals surface area contributed by atoms with Crippen molar-refractivity contribution in [2.24, 2.45) is 0 Å². The van der Waals surface area contributed by atoms with Gasteiger partial charge in [-0.1, -0.05) is 96.7 Å². The summed E-state index contributed by atoms with van der Waals surface area (Å²) in [4.78, 5) is 29.7. The fourth-order valence-electron chi connectivity index (χ4n) is 5.84. The van der Waals surface area contributed by atoms with Crippen molar-refractivity contribution in [1.29, 1.82) is 0 Å². The molecule has 0 aliphatic heterocycles. The third kappa shape index (κ3) is 9.14. The lowest BCUT2D eigenvalue weighted by Crippen LogP contribution is -2.54. The van der Waals surface area contributed by atoms with Crippen LogP contribution in [0.15, 0.2) is 108 Å². The van der Waals surface area contributed by atoms with Gasteiger partial charge >= 0.3 is 6.18 Å². The fraction of sp³-hybridized carbons (Fsp3) is 0.278. The molecule has 13 heteroatoms. The molecule has 0 radical (unpaired) electrons. The summed E-state index contributed by atoms with van der Waals surface area (Å²) < 4.78 is 70.7. The van der Waals surface area contributed by atoms with Crippen LogP contribution < -0.4 is 9.62 Å². The zero-order valence-electron chi connectivity index (χ0n) is 26.2. The van der Waals surface area contributed by atoms with Crippen LogP contribution in [-0.2, 0) is 38.8 Å². The van der Waals surface area contributed by atoms with Gasteiger partial charge in [0.2, 0.25) is 11.8 Å². The monoisotopic (exact) mass is 731 g/mol. The van der Waals surface area contributed by atoms with Crippen molar-refractivity contribution in [2.75, 3.05) is 10.8 Å². The van der Waals surface area contributed by atoms with Crippen molar-refractivity contribution in [1.82, 2.24) is 10.2 Å². The molecule has 5 rings (SSSR count). The molecule has 1 unspecified atom stereocenters. The van der Waals surface area contributed by atoms with Crippen LogP contribution in [0.3, 0.4) is 0 Å². The zero-order chi connectivity index (χ0) is 35.2. The minimum absolute atomic E-state index is 0.0805. The summed E-state index contributed by atoms with van der Waals surface area (Å²) >= 11 is 12.0. The molecule has 4 aromatic rings. The molecular weight excluding hydrogens is 698 g/mol. The second-order valence-corrected chi connectivity index (χ2v) is 14.5. The number of carbonyl (C=O) groups is 2. The van der Waals surface area contributed by atoms with Crippen molar-refractivity contribution in [3.8, 4) is 0 Å². The van der Waals surface area contributed by atoms with Crippen LogP contribution in [0.5, 0.6) is 0 Å². The van der Waals surface area contributed by atoms with Crippen molar-refractivity contribution >= 4 is 50.7 Å². The zero-order valence-corrected chi connectivity index (χ0v) is 28.6. The van der Waals surface area contributed by atoms with E-state index in [2.05, 4.69) is 5.32 Å². The van der Waals surface area contributed by atoms with Crippen LogP contribution in [0.1, 0.15) is 42.4 Å². The number of carbonyl (C=O) groups excluding carboxylic acids is 2. The van der Waals surface area contributed by atoms with Gasteiger partial charge in [0, 0.05) is 24.0 Å². The first-order valence-electron chi connectivity index (χ1n) is 15.7. The highest BCUT2D eigenvalue weighted by Gasteiger charge is 2.38. The predicted octanol–water partition coefficient (Wildman–Crippen LogP) is 7.91. The molecule has 2 amide bonds. The Bertz CT molecular complexity index is 1860. The molecule has 1 aliphatic rings. The highest BCUT2D eigenvalue weighted by atomic mass is 35.5. The number of amides is 2. The van der Waals surface area contributed by atoms with Gasteiger partial charge in [0.15, 0.2) is 0 Å². The molecule has 1 aliphatic carbocycles. The van der Waals surface area contributed by atoms with E-state index >= 15 is 0 Å². The molecule has 4 aromatic carbocycles. The van der Waals surface area contributed by atoms with Gasteiger partial charge in [-0.2, -0.15) is 13.2 Å². The predicted molar refractivity (Wildman–Crippen MR) is 184 cm³/mol. The maximum absolute atomic E-state index is 14.6. The maximum Gasteiger partial charge on any atom is 0.417 e. The highest BCUT2D eigenvalue weighted by Crippen LogP contribution is 2.38. The van der Waals surface area contributed by atoms with Crippen LogP contribution in [0.25, 0.3) is 0 Å². The first-order chi connectivity index (χ1) is 23.3. The van der Waals surface area contributed by atoms with Crippen molar-refractivity contribution in [2.45, 2.75) is 61.8 Å². The molecule has 49 heavy (non-hydrogen) atoms. The third-order valence-corrected chi connectivity index (χ3v) is 10.8. The average Bonchev–Trinajstić information content (AvgIpc) is 3.59. The summed E-state index contributed by atoms with van der Waals surface area (Å²) in [6.45, 7) is -1.02. The number of halogens is 5. The fourth-order valence-corrected chi connectivity index (χ4v) is 7.62. The number of alkyl halides is 3. The van der Waals surface area contributed by atoms with Gasteiger partial charge in [-0.3, -0.25) is 13.9 Å². The van der Waals surface area contributed by atoms with Crippen LogP contribution in [-0.4, -0.2) is 43.8 Å². The number of nitrogens with zero attached hydrogens (tertiary/aromatic N) is 2. The molecule has 0 heterocycles. The second-order valence-electron chi connectivity index (χ2n) is 11.8. The second kappa shape index (κ2) is 15.7. The number of hydrogen-bond donors (Lipinski definition) is 1. The smallest absolute Gasteiger partial charge is 0.352 e. The highest BCUT2D eigenvalue weighted by molar-refractivity contribution is 7.92. The van der Waals surface area contributed by atoms with Crippen LogP contribution in [0.4, 0.5) is 18.9 Å². The van der Waals surface area contributed by atoms with Gasteiger partial charge in [-0.05, 0) is 66.4 Å². The van der Waals surface area contributed by atoms with E-state index in [0.29, 0.717) is 21.0 Å². The molecule has 1 fully saturated rings. The summed E-state index contributed by atoms with van der Waals surface area (Å²) in [7, 11) is -4.60. The quantitative estimate of drug-likeness (QED) is 0.161. The van der Waals surface area contributed by atoms with Crippen molar-refractivity contribution < 1.29 is 31.2 Å². The number of sulfonamides is 1. The van der Waals surface area contributed by atoms with E-state index in [4.69, 9.17) is 23.2 Å². The molecule has 0 saturated heterocycles. The third-order valence-electron chi connectivity index (χ3n) is 8.39. The molecule has 0 aromatic heterocycles. The summed E-state index contributed by atoms with van der Waals surface area (Å²) in [5.41, 5.74) is -0.323. The van der Waals surface area contributed by atoms with Crippen molar-refractivity contribution in [3.05, 3.63) is 130 Å². The van der Waals surface area contributed by atoms with E-state index in [1.807, 2.05) is 18.2 Å². The Labute approximate surface area is 293 Å². The Morgan fingerprint density at radius 2 is 1.45 bits per heavy atom. The van der Waals surface area contributed by atoms with E-state index in [9.17, 15) is 31.2 Å². The normalized spacial score (nSPS) is 14.3. The Morgan fingerprint density at radius 3 is 2.06 bits per heavy atom. The Kier molecular flexibility index (Phi) is 11.6. The summed E-state index contributed by atoms with van der Waals surface area (Å²) in [5.74, 6) is -1.22. The number of rotatable bonds is 12. The van der Waals surface area contributed by atoms with Gasteiger partial charge in [0.25, 0.3) is 10.0 Å². The van der Waals surface area contributed by atoms with E-state index in [0.717, 1.165) is 43.4 Å². The Morgan fingerprint density at radius 1 is 0.837 bits per heavy atom. The average molecular weight is 733 g/mol. The van der Waals surface area contributed by atoms with E-state index in [1.54, 1.807) is 42.5 Å². The Balaban J connectivity index is 1.60. The SMILES string of the molecule is O=C(NC1CCCC1)C(Cc1ccccc1)N(Cc1ccc(Cl)cc1)C(=O)CN(c1ccc(Cl)c(C(F)(F)F)c1)S(=O)(=O)c1ccccc1. The first-order valence-corrected chi connectivity index (χ1v) is 17.9. The summed E-state index contributed by atoms with van der Waals surface area (Å²) in [5, 5.41) is 2.90. The van der Waals surface area contributed by atoms with Gasteiger partial charge in [0.05, 0.1) is 21.2 Å². The Hall–Kier alpha value is -4.06. The molecule has 1 N–H and O–H groups in total. The van der Waals surface area contributed by atoms with E-state index in [1.165, 1.54) is 29.2 Å². The standard InChI is InChI=1S/C36H34Cl2F3N3O4S/c37-27-17-15-26(16-18-27)23-43(33(21-25-9-3-1-4-10-25)35(46)42-28-11-7-8-12-28)34(45)24-44(49(47,48)30-13-5-2-6-14-30)29-19-20-32(38)31(22-29)36(39,40)41/h1-6,9-10,13-20,22,28,33H,7-8,11-12,21,23-24H2,(H,42,46). The molecule has 1 saturated carbocycles. The van der Waals surface area contributed by atoms with Crippen LogP contribution in [0.2, 0.25) is 10.0 Å². The van der Waals surface area contributed by atoms with Gasteiger partial charge in [-0.25, -0.2) is 8.42 Å². The van der Waals surface area contributed by atoms with Crippen LogP contribution >= 0.6 is 23.2 Å². The number of hydrogen-bond acceptors (Lipinski definition) is 4. The molecule has 0 spiro atoms. The van der Waals surface area contributed by atoms with Crippen molar-refractivity contribution in [3.63, 3.8) is 0 Å². The molecule has 7 nitrogen and oxygen atoms in total. The van der Waals surface area contributed by atoms with Crippen LogP contribution in [0, 0.1) is 0 Å².